The van der Waals surface area contributed by atoms with Gasteiger partial charge in [0.15, 0.2) is 6.54 Å². The van der Waals surface area contributed by atoms with Crippen LogP contribution in [0.4, 0.5) is 10.1 Å². The molecule has 1 atom stereocenters. The van der Waals surface area contributed by atoms with E-state index in [1.54, 1.807) is 0 Å². The summed E-state index contributed by atoms with van der Waals surface area (Å²) in [5.74, 6) is -0.494. The van der Waals surface area contributed by atoms with Crippen molar-refractivity contribution < 1.29 is 23.6 Å². The number of hydrogen-bond acceptors (Lipinski definition) is 4. The highest BCUT2D eigenvalue weighted by Gasteiger charge is 2.16. The number of rotatable bonds is 6. The lowest BCUT2D eigenvalue weighted by molar-refractivity contribution is -0.885. The number of carbonyl (C=O) groups is 1. The normalized spacial score (nSPS) is 12.1. The SMILES string of the molecule is CCc1cc2c(C[NH+](C)CC(=O)Nc3ccc(F)cc3)cc(=O)oc2cc1O. The molecule has 0 radical (unpaired) electrons. The topological polar surface area (TPSA) is 84.0 Å². The van der Waals surface area contributed by atoms with Gasteiger partial charge in [-0.3, -0.25) is 4.79 Å². The molecule has 2 aromatic carbocycles. The Bertz CT molecular complexity index is 1060. The zero-order chi connectivity index (χ0) is 20.3. The highest BCUT2D eigenvalue weighted by Crippen LogP contribution is 2.26. The van der Waals surface area contributed by atoms with Crippen molar-refractivity contribution in [2.45, 2.75) is 19.9 Å². The molecule has 1 unspecified atom stereocenters. The summed E-state index contributed by atoms with van der Waals surface area (Å²) in [5.41, 5.74) is 1.84. The summed E-state index contributed by atoms with van der Waals surface area (Å²) >= 11 is 0. The molecule has 0 saturated heterocycles. The number of aromatic hydroxyl groups is 1. The van der Waals surface area contributed by atoms with Gasteiger partial charge < -0.3 is 19.7 Å². The molecule has 0 spiro atoms. The fraction of sp³-hybridized carbons (Fsp3) is 0.238. The summed E-state index contributed by atoms with van der Waals surface area (Å²) in [6, 6.07) is 10.2. The molecule has 1 heterocycles. The molecular formula is C21H22FN2O4+. The third-order valence-corrected chi connectivity index (χ3v) is 4.49. The molecule has 0 aliphatic rings. The van der Waals surface area contributed by atoms with Gasteiger partial charge in [0.25, 0.3) is 5.91 Å². The minimum atomic E-state index is -0.505. The predicted molar refractivity (Wildman–Crippen MR) is 104 cm³/mol. The van der Waals surface area contributed by atoms with Crippen molar-refractivity contribution >= 4 is 22.6 Å². The first kappa shape index (κ1) is 19.6. The van der Waals surface area contributed by atoms with E-state index in [9.17, 15) is 19.1 Å². The lowest BCUT2D eigenvalue weighted by Crippen LogP contribution is -3.08. The van der Waals surface area contributed by atoms with Crippen LogP contribution in [0.5, 0.6) is 5.75 Å². The molecule has 0 aliphatic carbocycles. The van der Waals surface area contributed by atoms with E-state index >= 15 is 0 Å². The van der Waals surface area contributed by atoms with E-state index in [0.29, 0.717) is 24.2 Å². The number of halogens is 1. The van der Waals surface area contributed by atoms with Crippen LogP contribution in [-0.2, 0) is 17.8 Å². The van der Waals surface area contributed by atoms with Crippen molar-refractivity contribution in [3.05, 3.63) is 69.8 Å². The molecule has 7 heteroatoms. The molecule has 6 nitrogen and oxygen atoms in total. The Hall–Kier alpha value is -3.19. The van der Waals surface area contributed by atoms with Gasteiger partial charge in [-0.15, -0.1) is 0 Å². The molecule has 1 amide bonds. The first-order chi connectivity index (χ1) is 13.4. The first-order valence-electron chi connectivity index (χ1n) is 9.01. The van der Waals surface area contributed by atoms with Crippen LogP contribution in [0.1, 0.15) is 18.1 Å². The molecular weight excluding hydrogens is 363 g/mol. The lowest BCUT2D eigenvalue weighted by Gasteiger charge is -2.15. The second-order valence-electron chi connectivity index (χ2n) is 6.79. The maximum absolute atomic E-state index is 13.0. The van der Waals surface area contributed by atoms with Crippen molar-refractivity contribution in [2.75, 3.05) is 18.9 Å². The van der Waals surface area contributed by atoms with Gasteiger partial charge in [0.2, 0.25) is 0 Å². The van der Waals surface area contributed by atoms with Crippen LogP contribution < -0.4 is 15.8 Å². The standard InChI is InChI=1S/C21H21FN2O4/c1-3-13-8-17-14(9-21(27)28-19(17)10-18(13)25)11-24(2)12-20(26)23-16-6-4-15(22)5-7-16/h4-10,25H,3,11-12H2,1-2H3,(H,23,26)/p+1. The average molecular weight is 385 g/mol. The Morgan fingerprint density at radius 3 is 2.57 bits per heavy atom. The predicted octanol–water partition coefficient (Wildman–Crippen LogP) is 1.85. The number of quaternary nitrogens is 1. The average Bonchev–Trinajstić information content (AvgIpc) is 2.62. The summed E-state index contributed by atoms with van der Waals surface area (Å²) < 4.78 is 18.1. The lowest BCUT2D eigenvalue weighted by atomic mass is 10.0. The van der Waals surface area contributed by atoms with E-state index in [2.05, 4.69) is 5.32 Å². The Morgan fingerprint density at radius 1 is 1.18 bits per heavy atom. The minimum absolute atomic E-state index is 0.0923. The maximum Gasteiger partial charge on any atom is 0.336 e. The van der Waals surface area contributed by atoms with Crippen molar-refractivity contribution in [3.8, 4) is 5.75 Å². The number of fused-ring (bicyclic) bond motifs is 1. The van der Waals surface area contributed by atoms with E-state index in [4.69, 9.17) is 4.42 Å². The van der Waals surface area contributed by atoms with Gasteiger partial charge in [-0.2, -0.15) is 0 Å². The minimum Gasteiger partial charge on any atom is -0.508 e. The van der Waals surface area contributed by atoms with E-state index < -0.39 is 5.63 Å². The Morgan fingerprint density at radius 2 is 1.89 bits per heavy atom. The second kappa shape index (κ2) is 8.22. The molecule has 3 rings (SSSR count). The number of amides is 1. The number of benzene rings is 2. The molecule has 3 N–H and O–H groups in total. The third-order valence-electron chi connectivity index (χ3n) is 4.49. The number of hydrogen-bond donors (Lipinski definition) is 3. The van der Waals surface area contributed by atoms with Crippen LogP contribution in [0.3, 0.4) is 0 Å². The Labute approximate surface area is 161 Å². The number of carbonyl (C=O) groups excluding carboxylic acids is 1. The zero-order valence-electron chi connectivity index (χ0n) is 15.7. The van der Waals surface area contributed by atoms with Gasteiger partial charge in [-0.1, -0.05) is 6.92 Å². The third kappa shape index (κ3) is 4.55. The van der Waals surface area contributed by atoms with Crippen LogP contribution in [-0.4, -0.2) is 24.6 Å². The second-order valence-corrected chi connectivity index (χ2v) is 6.79. The summed E-state index contributed by atoms with van der Waals surface area (Å²) in [4.78, 5) is 25.0. The summed E-state index contributed by atoms with van der Waals surface area (Å²) in [6.45, 7) is 2.52. The molecule has 28 heavy (non-hydrogen) atoms. The first-order valence-corrected chi connectivity index (χ1v) is 9.01. The monoisotopic (exact) mass is 385 g/mol. The van der Waals surface area contributed by atoms with Crippen molar-refractivity contribution in [2.24, 2.45) is 0 Å². The molecule has 0 fully saturated rings. The molecule has 0 aliphatic heterocycles. The van der Waals surface area contributed by atoms with Gasteiger partial charge in [-0.05, 0) is 42.3 Å². The highest BCUT2D eigenvalue weighted by molar-refractivity contribution is 5.91. The largest absolute Gasteiger partial charge is 0.508 e. The molecule has 0 saturated carbocycles. The van der Waals surface area contributed by atoms with Crippen LogP contribution in [0.2, 0.25) is 0 Å². The Kier molecular flexibility index (Phi) is 5.75. The summed E-state index contributed by atoms with van der Waals surface area (Å²) in [5, 5.41) is 13.5. The van der Waals surface area contributed by atoms with Gasteiger partial charge in [0, 0.05) is 28.8 Å². The maximum atomic E-state index is 13.0. The van der Waals surface area contributed by atoms with Gasteiger partial charge in [0.05, 0.1) is 7.05 Å². The fourth-order valence-electron chi connectivity index (χ4n) is 3.14. The van der Waals surface area contributed by atoms with Crippen molar-refractivity contribution in [1.29, 1.82) is 0 Å². The van der Waals surface area contributed by atoms with E-state index in [1.165, 1.54) is 36.4 Å². The molecule has 146 valence electrons. The van der Waals surface area contributed by atoms with Gasteiger partial charge in [-0.25, -0.2) is 9.18 Å². The molecule has 3 aromatic rings. The smallest absolute Gasteiger partial charge is 0.336 e. The van der Waals surface area contributed by atoms with E-state index in [1.807, 2.05) is 20.0 Å². The fourth-order valence-corrected chi connectivity index (χ4v) is 3.14. The number of likely N-dealkylation sites (N-methyl/N-ethyl adjacent to an activating group) is 1. The van der Waals surface area contributed by atoms with Gasteiger partial charge in [0.1, 0.15) is 23.7 Å². The number of anilines is 1. The Balaban J connectivity index is 1.76. The van der Waals surface area contributed by atoms with Crippen LogP contribution in [0.25, 0.3) is 11.0 Å². The van der Waals surface area contributed by atoms with E-state index in [0.717, 1.165) is 21.4 Å². The van der Waals surface area contributed by atoms with Crippen LogP contribution in [0, 0.1) is 5.82 Å². The van der Waals surface area contributed by atoms with Crippen molar-refractivity contribution in [1.82, 2.24) is 0 Å². The number of aryl methyl sites for hydroxylation is 1. The number of nitrogens with one attached hydrogen (secondary N) is 2. The number of phenols is 1. The quantitative estimate of drug-likeness (QED) is 0.566. The van der Waals surface area contributed by atoms with E-state index in [-0.39, 0.29) is 24.0 Å². The summed E-state index contributed by atoms with van der Waals surface area (Å²) in [6.07, 6.45) is 0.642. The summed E-state index contributed by atoms with van der Waals surface area (Å²) in [7, 11) is 1.84. The van der Waals surface area contributed by atoms with Crippen LogP contribution >= 0.6 is 0 Å². The zero-order valence-corrected chi connectivity index (χ0v) is 15.7. The van der Waals surface area contributed by atoms with Crippen molar-refractivity contribution in [3.63, 3.8) is 0 Å². The van der Waals surface area contributed by atoms with Crippen LogP contribution in [0.15, 0.2) is 51.7 Å². The number of phenolic OH excluding ortho intramolecular Hbond substituents is 1. The molecule has 0 bridgehead atoms. The molecule has 1 aromatic heterocycles. The highest BCUT2D eigenvalue weighted by atomic mass is 19.1. The van der Waals surface area contributed by atoms with Gasteiger partial charge >= 0.3 is 5.63 Å².